The monoisotopic (exact) mass is 688 g/mol. The number of unbranched alkanes of at least 4 members (excludes halogenated alkanes) is 4. The molecule has 0 N–H and O–H groups in total. The molecule has 0 amide bonds. The molecular weight excluding hydrogens is 660 g/mol. The van der Waals surface area contributed by atoms with Crippen LogP contribution in [0.4, 0.5) is 70.2 Å². The van der Waals surface area contributed by atoms with E-state index >= 15 is 0 Å². The Morgan fingerprint density at radius 3 is 1.69 bits per heavy atom. The fourth-order valence-electron chi connectivity index (χ4n) is 4.91. The maximum Gasteiger partial charge on any atom is 0.460 e. The zero-order valence-corrected chi connectivity index (χ0v) is 23.3. The number of halogens is 16. The number of hydrogen-bond acceptors (Lipinski definition) is 2. The van der Waals surface area contributed by atoms with Gasteiger partial charge in [0.05, 0.1) is 5.56 Å². The highest BCUT2D eigenvalue weighted by atomic mass is 19.4. The molecular formula is C27H28F16O2. The molecule has 2 rings (SSSR count). The Hall–Kier alpha value is -2.43. The Bertz CT molecular complexity index is 1150. The first-order valence-corrected chi connectivity index (χ1v) is 13.6. The van der Waals surface area contributed by atoms with Crippen LogP contribution in [0.25, 0.3) is 0 Å². The molecule has 45 heavy (non-hydrogen) atoms. The SMILES string of the molecule is CCCCCCCc1cccc(F)c1C(=O)OC1CCC(C(F)(F)C(F)(F)C(F)(F)C(F)(F)C(F)(F)C(F)(F)C(F)(F)F)CC1. The molecule has 0 spiro atoms. The first-order chi connectivity index (χ1) is 20.3. The summed E-state index contributed by atoms with van der Waals surface area (Å²) in [6.07, 6.45) is -9.05. The summed E-state index contributed by atoms with van der Waals surface area (Å²) < 4.78 is 223. The predicted molar refractivity (Wildman–Crippen MR) is 126 cm³/mol. The third-order valence-corrected chi connectivity index (χ3v) is 7.67. The molecule has 0 unspecified atom stereocenters. The molecule has 1 aliphatic carbocycles. The zero-order valence-electron chi connectivity index (χ0n) is 23.3. The minimum absolute atomic E-state index is 0.229. The predicted octanol–water partition coefficient (Wildman–Crippen LogP) is 10.4. The molecule has 1 saturated carbocycles. The van der Waals surface area contributed by atoms with Crippen molar-refractivity contribution in [2.45, 2.75) is 119 Å². The molecule has 0 atom stereocenters. The maximum absolute atomic E-state index is 14.6. The maximum atomic E-state index is 14.6. The Morgan fingerprint density at radius 2 is 1.18 bits per heavy atom. The van der Waals surface area contributed by atoms with Crippen LogP contribution in [-0.4, -0.2) is 53.8 Å². The van der Waals surface area contributed by atoms with E-state index < -0.39 is 96.8 Å². The lowest BCUT2D eigenvalue weighted by Crippen LogP contribution is -2.73. The minimum Gasteiger partial charge on any atom is -0.459 e. The first kappa shape index (κ1) is 38.8. The summed E-state index contributed by atoms with van der Waals surface area (Å²) in [7, 11) is 0. The number of benzene rings is 1. The van der Waals surface area contributed by atoms with E-state index in [2.05, 4.69) is 0 Å². The molecule has 0 aromatic heterocycles. The van der Waals surface area contributed by atoms with Crippen molar-refractivity contribution in [3.05, 3.63) is 35.1 Å². The van der Waals surface area contributed by atoms with Gasteiger partial charge in [0.2, 0.25) is 0 Å². The molecule has 18 heteroatoms. The van der Waals surface area contributed by atoms with Gasteiger partial charge in [0, 0.05) is 5.92 Å². The van der Waals surface area contributed by atoms with Gasteiger partial charge >= 0.3 is 47.7 Å². The molecule has 1 aromatic rings. The van der Waals surface area contributed by atoms with Gasteiger partial charge in [-0.1, -0.05) is 44.7 Å². The summed E-state index contributed by atoms with van der Waals surface area (Å²) in [4.78, 5) is 12.7. The van der Waals surface area contributed by atoms with Crippen LogP contribution >= 0.6 is 0 Å². The van der Waals surface area contributed by atoms with E-state index in [1.807, 2.05) is 6.92 Å². The molecule has 0 saturated heterocycles. The van der Waals surface area contributed by atoms with E-state index in [4.69, 9.17) is 4.74 Å². The lowest BCUT2D eigenvalue weighted by atomic mass is 9.78. The van der Waals surface area contributed by atoms with E-state index in [0.29, 0.717) is 6.42 Å². The van der Waals surface area contributed by atoms with Crippen LogP contribution in [0.5, 0.6) is 0 Å². The summed E-state index contributed by atoms with van der Waals surface area (Å²) in [5.41, 5.74) is -0.280. The van der Waals surface area contributed by atoms with E-state index in [1.54, 1.807) is 0 Å². The Kier molecular flexibility index (Phi) is 11.5. The molecule has 0 bridgehead atoms. The summed E-state index contributed by atoms with van der Waals surface area (Å²) in [5, 5.41) is 0. The lowest BCUT2D eigenvalue weighted by Gasteiger charge is -2.44. The fourth-order valence-corrected chi connectivity index (χ4v) is 4.91. The quantitative estimate of drug-likeness (QED) is 0.111. The molecule has 1 aliphatic rings. The van der Waals surface area contributed by atoms with Crippen LogP contribution in [0.15, 0.2) is 18.2 Å². The van der Waals surface area contributed by atoms with E-state index in [1.165, 1.54) is 12.1 Å². The largest absolute Gasteiger partial charge is 0.460 e. The molecule has 1 fully saturated rings. The highest BCUT2D eigenvalue weighted by Crippen LogP contribution is 2.63. The van der Waals surface area contributed by atoms with Gasteiger partial charge in [0.1, 0.15) is 11.9 Å². The van der Waals surface area contributed by atoms with Gasteiger partial charge in [0.15, 0.2) is 0 Å². The number of esters is 1. The summed E-state index contributed by atoms with van der Waals surface area (Å²) in [6, 6.07) is 3.64. The van der Waals surface area contributed by atoms with Gasteiger partial charge in [-0.15, -0.1) is 0 Å². The van der Waals surface area contributed by atoms with Crippen LogP contribution in [0.1, 0.15) is 80.6 Å². The smallest absolute Gasteiger partial charge is 0.459 e. The number of alkyl halides is 15. The lowest BCUT2D eigenvalue weighted by molar-refractivity contribution is -0.455. The van der Waals surface area contributed by atoms with Crippen LogP contribution in [0.2, 0.25) is 0 Å². The van der Waals surface area contributed by atoms with Crippen molar-refractivity contribution >= 4 is 5.97 Å². The third kappa shape index (κ3) is 6.98. The van der Waals surface area contributed by atoms with Gasteiger partial charge < -0.3 is 4.74 Å². The summed E-state index contributed by atoms with van der Waals surface area (Å²) >= 11 is 0. The van der Waals surface area contributed by atoms with E-state index in [0.717, 1.165) is 31.7 Å². The molecule has 0 radical (unpaired) electrons. The standard InChI is InChI=1S/C27H28F16O2/c1-2-3-4-5-6-8-15-9-7-10-18(28)19(15)20(44)45-17-13-11-16(12-14-17)21(29,30)22(31,32)23(33,34)24(35,36)25(37,38)26(39,40)27(41,42)43/h7,9-10,16-17H,2-6,8,11-14H2,1H3. The normalized spacial score (nSPS) is 19.5. The second kappa shape index (κ2) is 13.4. The highest BCUT2D eigenvalue weighted by molar-refractivity contribution is 5.91. The van der Waals surface area contributed by atoms with Crippen LogP contribution in [0, 0.1) is 11.7 Å². The fraction of sp³-hybridized carbons (Fsp3) is 0.741. The van der Waals surface area contributed by atoms with Crippen molar-refractivity contribution in [3.8, 4) is 0 Å². The third-order valence-electron chi connectivity index (χ3n) is 7.67. The zero-order chi connectivity index (χ0) is 34.9. The topological polar surface area (TPSA) is 26.3 Å². The Labute approximate surface area is 246 Å². The second-order valence-electron chi connectivity index (χ2n) is 10.8. The number of aryl methyl sites for hydroxylation is 1. The van der Waals surface area contributed by atoms with Crippen LogP contribution in [-0.2, 0) is 11.2 Å². The van der Waals surface area contributed by atoms with Crippen molar-refractivity contribution in [2.24, 2.45) is 5.92 Å². The van der Waals surface area contributed by atoms with Crippen molar-refractivity contribution < 1.29 is 79.8 Å². The molecule has 0 heterocycles. The van der Waals surface area contributed by atoms with Gasteiger partial charge in [-0.2, -0.15) is 65.9 Å². The average Bonchev–Trinajstić information content (AvgIpc) is 2.92. The van der Waals surface area contributed by atoms with Gasteiger partial charge in [-0.25, -0.2) is 9.18 Å². The molecule has 0 aliphatic heterocycles. The van der Waals surface area contributed by atoms with Gasteiger partial charge in [0.25, 0.3) is 0 Å². The summed E-state index contributed by atoms with van der Waals surface area (Å²) in [6.45, 7) is 1.97. The van der Waals surface area contributed by atoms with E-state index in [-0.39, 0.29) is 12.0 Å². The van der Waals surface area contributed by atoms with Crippen molar-refractivity contribution in [2.75, 3.05) is 0 Å². The Balaban J connectivity index is 2.20. The van der Waals surface area contributed by atoms with Gasteiger partial charge in [-0.3, -0.25) is 0 Å². The number of carbonyl (C=O) groups excluding carboxylic acids is 1. The van der Waals surface area contributed by atoms with Crippen molar-refractivity contribution in [1.82, 2.24) is 0 Å². The number of rotatable bonds is 14. The number of carbonyl (C=O) groups is 1. The minimum atomic E-state index is -8.34. The second-order valence-corrected chi connectivity index (χ2v) is 10.8. The molecule has 1 aromatic carbocycles. The molecule has 2 nitrogen and oxygen atoms in total. The number of ether oxygens (including phenoxy) is 1. The Morgan fingerprint density at radius 1 is 0.689 bits per heavy atom. The van der Waals surface area contributed by atoms with Crippen LogP contribution < -0.4 is 0 Å². The number of hydrogen-bond donors (Lipinski definition) is 0. The van der Waals surface area contributed by atoms with Crippen molar-refractivity contribution in [1.29, 1.82) is 0 Å². The van der Waals surface area contributed by atoms with E-state index in [9.17, 15) is 75.0 Å². The molecule has 260 valence electrons. The summed E-state index contributed by atoms with van der Waals surface area (Å²) in [5.74, 6) is -52.1. The van der Waals surface area contributed by atoms with Crippen LogP contribution in [0.3, 0.4) is 0 Å². The average molecular weight is 688 g/mol. The highest BCUT2D eigenvalue weighted by Gasteiger charge is 2.93. The first-order valence-electron chi connectivity index (χ1n) is 13.6. The van der Waals surface area contributed by atoms with Crippen molar-refractivity contribution in [3.63, 3.8) is 0 Å². The van der Waals surface area contributed by atoms with Gasteiger partial charge in [-0.05, 0) is 50.2 Å².